The van der Waals surface area contributed by atoms with Crippen LogP contribution in [0, 0.1) is 0 Å². The van der Waals surface area contributed by atoms with Crippen LogP contribution in [-0.2, 0) is 4.74 Å². The van der Waals surface area contributed by atoms with Gasteiger partial charge in [0.2, 0.25) is 0 Å². The van der Waals surface area contributed by atoms with Crippen molar-refractivity contribution in [3.63, 3.8) is 0 Å². The maximum absolute atomic E-state index is 6.01. The van der Waals surface area contributed by atoms with E-state index >= 15 is 0 Å². The van der Waals surface area contributed by atoms with Crippen LogP contribution in [0.2, 0.25) is 10.0 Å². The highest BCUT2D eigenvalue weighted by Gasteiger charge is 2.31. The molecule has 16 heavy (non-hydrogen) atoms. The van der Waals surface area contributed by atoms with E-state index in [1.54, 1.807) is 6.07 Å². The van der Waals surface area contributed by atoms with E-state index in [0.29, 0.717) is 16.1 Å². The molecule has 2 atom stereocenters. The van der Waals surface area contributed by atoms with Crippen molar-refractivity contribution in [2.45, 2.75) is 19.1 Å². The predicted molar refractivity (Wildman–Crippen MR) is 64.2 cm³/mol. The van der Waals surface area contributed by atoms with Crippen LogP contribution in [0.15, 0.2) is 18.5 Å². The first kappa shape index (κ1) is 10.4. The lowest BCUT2D eigenvalue weighted by atomic mass is 10.2. The minimum atomic E-state index is 0.280. The number of imidazole rings is 1. The molecule has 1 fully saturated rings. The van der Waals surface area contributed by atoms with Gasteiger partial charge in [0.25, 0.3) is 0 Å². The molecular weight excluding hydrogens is 247 g/mol. The minimum absolute atomic E-state index is 0.280. The van der Waals surface area contributed by atoms with Gasteiger partial charge in [-0.15, -0.1) is 0 Å². The summed E-state index contributed by atoms with van der Waals surface area (Å²) in [5, 5.41) is 1.09. The summed E-state index contributed by atoms with van der Waals surface area (Å²) in [6.07, 6.45) is 2.11. The zero-order valence-corrected chi connectivity index (χ0v) is 10.2. The van der Waals surface area contributed by atoms with Crippen molar-refractivity contribution in [3.8, 4) is 0 Å². The summed E-state index contributed by atoms with van der Waals surface area (Å²) < 4.78 is 7.37. The molecule has 2 heterocycles. The Balaban J connectivity index is 2.14. The van der Waals surface area contributed by atoms with Gasteiger partial charge >= 0.3 is 0 Å². The van der Waals surface area contributed by atoms with Gasteiger partial charge in [-0.3, -0.25) is 0 Å². The highest BCUT2D eigenvalue weighted by molar-refractivity contribution is 6.42. The number of hydrogen-bond donors (Lipinski definition) is 0. The van der Waals surface area contributed by atoms with Crippen molar-refractivity contribution < 1.29 is 4.74 Å². The van der Waals surface area contributed by atoms with Crippen LogP contribution in [0.25, 0.3) is 11.0 Å². The molecule has 1 aromatic carbocycles. The molecule has 1 aromatic heterocycles. The fourth-order valence-electron chi connectivity index (χ4n) is 1.86. The molecule has 0 aliphatic carbocycles. The van der Waals surface area contributed by atoms with Crippen LogP contribution in [0.5, 0.6) is 0 Å². The van der Waals surface area contributed by atoms with E-state index in [1.165, 1.54) is 0 Å². The van der Waals surface area contributed by atoms with Crippen LogP contribution in [-0.4, -0.2) is 22.3 Å². The van der Waals surface area contributed by atoms with Crippen molar-refractivity contribution in [1.82, 2.24) is 9.55 Å². The molecule has 84 valence electrons. The van der Waals surface area contributed by atoms with Crippen LogP contribution in [0.3, 0.4) is 0 Å². The zero-order valence-electron chi connectivity index (χ0n) is 8.65. The molecule has 0 radical (unpaired) electrons. The van der Waals surface area contributed by atoms with E-state index in [-0.39, 0.29) is 6.04 Å². The largest absolute Gasteiger partial charge is 0.371 e. The summed E-state index contributed by atoms with van der Waals surface area (Å²) >= 11 is 12.0. The lowest BCUT2D eigenvalue weighted by Crippen LogP contribution is -2.09. The van der Waals surface area contributed by atoms with Gasteiger partial charge in [0.1, 0.15) is 6.10 Å². The predicted octanol–water partition coefficient (Wildman–Crippen LogP) is 3.30. The average molecular weight is 257 g/mol. The number of ether oxygens (including phenoxy) is 1. The molecular formula is C11H10Cl2N2O. The first-order valence-corrected chi connectivity index (χ1v) is 5.85. The molecule has 0 N–H and O–H groups in total. The van der Waals surface area contributed by atoms with Gasteiger partial charge in [0.05, 0.1) is 40.1 Å². The average Bonchev–Trinajstić information content (AvgIpc) is 3.02. The van der Waals surface area contributed by atoms with Gasteiger partial charge in [-0.05, 0) is 19.1 Å². The molecule has 3 nitrogen and oxygen atoms in total. The minimum Gasteiger partial charge on any atom is -0.371 e. The topological polar surface area (TPSA) is 30.4 Å². The number of benzene rings is 1. The third-order valence-corrected chi connectivity index (χ3v) is 3.67. The molecule has 0 saturated carbocycles. The fraction of sp³-hybridized carbons (Fsp3) is 0.364. The molecule has 1 saturated heterocycles. The highest BCUT2D eigenvalue weighted by atomic mass is 35.5. The maximum Gasteiger partial charge on any atom is 0.101 e. The van der Waals surface area contributed by atoms with E-state index in [2.05, 4.69) is 16.5 Å². The first-order chi connectivity index (χ1) is 7.66. The Morgan fingerprint density at radius 2 is 2.12 bits per heavy atom. The molecule has 5 heteroatoms. The van der Waals surface area contributed by atoms with Crippen molar-refractivity contribution in [2.24, 2.45) is 0 Å². The molecule has 1 aliphatic heterocycles. The molecule has 0 bridgehead atoms. The van der Waals surface area contributed by atoms with Gasteiger partial charge in [-0.2, -0.15) is 0 Å². The van der Waals surface area contributed by atoms with Crippen LogP contribution >= 0.6 is 23.2 Å². The maximum atomic E-state index is 6.01. The lowest BCUT2D eigenvalue weighted by Gasteiger charge is -2.11. The number of epoxide rings is 1. The summed E-state index contributed by atoms with van der Waals surface area (Å²) in [6.45, 7) is 2.93. The van der Waals surface area contributed by atoms with Crippen molar-refractivity contribution in [2.75, 3.05) is 6.61 Å². The standard InChI is InChI=1S/C11H10Cl2N2O/c1-6(11-4-16-11)15-5-14-9-2-7(12)8(13)3-10(9)15/h2-3,5-6,11H,4H2,1H3/t6?,11-/m0/s1. The Labute approximate surface area is 103 Å². The van der Waals surface area contributed by atoms with E-state index < -0.39 is 0 Å². The summed E-state index contributed by atoms with van der Waals surface area (Å²) in [5.41, 5.74) is 1.86. The summed E-state index contributed by atoms with van der Waals surface area (Å²) in [5.74, 6) is 0. The van der Waals surface area contributed by atoms with Crippen LogP contribution in [0.4, 0.5) is 0 Å². The Bertz CT molecular complexity index is 548. The second-order valence-corrected chi connectivity index (χ2v) is 4.83. The van der Waals surface area contributed by atoms with Gasteiger partial charge in [0.15, 0.2) is 0 Å². The van der Waals surface area contributed by atoms with Crippen molar-refractivity contribution in [3.05, 3.63) is 28.5 Å². The second kappa shape index (κ2) is 3.62. The molecule has 1 unspecified atom stereocenters. The first-order valence-electron chi connectivity index (χ1n) is 5.10. The number of aromatic nitrogens is 2. The number of fused-ring (bicyclic) bond motifs is 1. The van der Waals surface area contributed by atoms with E-state index in [4.69, 9.17) is 27.9 Å². The van der Waals surface area contributed by atoms with Crippen molar-refractivity contribution >= 4 is 34.2 Å². The van der Waals surface area contributed by atoms with Gasteiger partial charge in [0, 0.05) is 0 Å². The monoisotopic (exact) mass is 256 g/mol. The van der Waals surface area contributed by atoms with Gasteiger partial charge < -0.3 is 9.30 Å². The fourth-order valence-corrected chi connectivity index (χ4v) is 2.18. The van der Waals surface area contributed by atoms with E-state index in [0.717, 1.165) is 17.6 Å². The molecule has 3 rings (SSSR count). The molecule has 0 amide bonds. The van der Waals surface area contributed by atoms with Gasteiger partial charge in [-0.25, -0.2) is 4.98 Å². The van der Waals surface area contributed by atoms with E-state index in [9.17, 15) is 0 Å². The van der Waals surface area contributed by atoms with Gasteiger partial charge in [-0.1, -0.05) is 23.2 Å². The molecule has 2 aromatic rings. The van der Waals surface area contributed by atoms with E-state index in [1.807, 2.05) is 12.4 Å². The SMILES string of the molecule is CC([C@@H]1CO1)n1cnc2cc(Cl)c(Cl)cc21. The van der Waals surface area contributed by atoms with Crippen LogP contribution in [0.1, 0.15) is 13.0 Å². The number of rotatable bonds is 2. The number of hydrogen-bond acceptors (Lipinski definition) is 2. The zero-order chi connectivity index (χ0) is 11.3. The Morgan fingerprint density at radius 1 is 1.44 bits per heavy atom. The van der Waals surface area contributed by atoms with Crippen molar-refractivity contribution in [1.29, 1.82) is 0 Å². The second-order valence-electron chi connectivity index (χ2n) is 4.02. The number of halogens is 2. The van der Waals surface area contributed by atoms with Crippen LogP contribution < -0.4 is 0 Å². The summed E-state index contributed by atoms with van der Waals surface area (Å²) in [6, 6.07) is 3.92. The quantitative estimate of drug-likeness (QED) is 0.772. The Kier molecular flexibility index (Phi) is 2.35. The highest BCUT2D eigenvalue weighted by Crippen LogP contribution is 2.31. The Morgan fingerprint density at radius 3 is 2.81 bits per heavy atom. The molecule has 0 spiro atoms. The third-order valence-electron chi connectivity index (χ3n) is 2.95. The summed E-state index contributed by atoms with van der Waals surface area (Å²) in [7, 11) is 0. The molecule has 1 aliphatic rings. The normalized spacial score (nSPS) is 21.3. The Hall–Kier alpha value is -0.770. The lowest BCUT2D eigenvalue weighted by molar-refractivity contribution is 0.343. The number of nitrogens with zero attached hydrogens (tertiary/aromatic N) is 2. The summed E-state index contributed by atoms with van der Waals surface area (Å²) in [4.78, 5) is 4.32. The smallest absolute Gasteiger partial charge is 0.101 e. The third kappa shape index (κ3) is 1.59.